The molecule has 1 saturated heterocycles. The summed E-state index contributed by atoms with van der Waals surface area (Å²) in [5, 5.41) is 11.1. The van der Waals surface area contributed by atoms with E-state index in [0.717, 1.165) is 11.1 Å². The summed E-state index contributed by atoms with van der Waals surface area (Å²) in [6.07, 6.45) is 5.04. The molecular formula is C34H31FN6O3. The van der Waals surface area contributed by atoms with Gasteiger partial charge in [-0.3, -0.25) is 19.3 Å². The van der Waals surface area contributed by atoms with Crippen LogP contribution in [0.15, 0.2) is 90.5 Å². The van der Waals surface area contributed by atoms with Crippen molar-refractivity contribution in [2.24, 2.45) is 0 Å². The van der Waals surface area contributed by atoms with Crippen LogP contribution in [0.25, 0.3) is 27.8 Å². The van der Waals surface area contributed by atoms with Crippen LogP contribution in [0.4, 0.5) is 10.2 Å². The third-order valence-corrected chi connectivity index (χ3v) is 8.03. The maximum absolute atomic E-state index is 15.0. The maximum Gasteiger partial charge on any atom is 0.354 e. The zero-order valence-electron chi connectivity index (χ0n) is 24.4. The molecule has 1 N–H and O–H groups in total. The lowest BCUT2D eigenvalue weighted by Gasteiger charge is -2.40. The number of pyridine rings is 2. The van der Waals surface area contributed by atoms with Gasteiger partial charge < -0.3 is 14.9 Å². The molecule has 9 nitrogen and oxygen atoms in total. The van der Waals surface area contributed by atoms with Crippen molar-refractivity contribution in [3.63, 3.8) is 0 Å². The van der Waals surface area contributed by atoms with Crippen molar-refractivity contribution in [3.8, 4) is 22.7 Å². The molecule has 1 fully saturated rings. The van der Waals surface area contributed by atoms with Gasteiger partial charge in [-0.2, -0.15) is 4.98 Å². The van der Waals surface area contributed by atoms with E-state index >= 15 is 4.39 Å². The van der Waals surface area contributed by atoms with Gasteiger partial charge in [-0.1, -0.05) is 43.0 Å². The van der Waals surface area contributed by atoms with Gasteiger partial charge >= 0.3 is 5.69 Å². The summed E-state index contributed by atoms with van der Waals surface area (Å²) >= 11 is 0. The molecule has 44 heavy (non-hydrogen) atoms. The normalized spacial score (nSPS) is 15.0. The lowest BCUT2D eigenvalue weighted by Crippen LogP contribution is -2.54. The van der Waals surface area contributed by atoms with E-state index < -0.39 is 11.5 Å². The Morgan fingerprint density at radius 1 is 1.11 bits per heavy atom. The third kappa shape index (κ3) is 5.19. The molecule has 0 radical (unpaired) electrons. The van der Waals surface area contributed by atoms with E-state index in [1.54, 1.807) is 23.4 Å². The number of carbonyl (C=O) groups excluding carboxylic acids is 1. The number of piperazine rings is 1. The zero-order valence-corrected chi connectivity index (χ0v) is 24.4. The average Bonchev–Trinajstić information content (AvgIpc) is 3.01. The van der Waals surface area contributed by atoms with E-state index in [9.17, 15) is 14.7 Å². The van der Waals surface area contributed by atoms with Gasteiger partial charge in [-0.05, 0) is 55.3 Å². The van der Waals surface area contributed by atoms with Gasteiger partial charge in [0.25, 0.3) is 0 Å². The highest BCUT2D eigenvalue weighted by Gasteiger charge is 2.30. The summed E-state index contributed by atoms with van der Waals surface area (Å²) in [6, 6.07) is 17.2. The fourth-order valence-corrected chi connectivity index (χ4v) is 5.88. The van der Waals surface area contributed by atoms with Crippen LogP contribution in [0.1, 0.15) is 23.7 Å². The van der Waals surface area contributed by atoms with Crippen LogP contribution >= 0.6 is 0 Å². The number of aromatic nitrogens is 4. The number of aromatic hydroxyl groups is 1. The first kappa shape index (κ1) is 28.7. The van der Waals surface area contributed by atoms with Gasteiger partial charge in [0.1, 0.15) is 17.4 Å². The molecule has 0 saturated carbocycles. The van der Waals surface area contributed by atoms with Crippen LogP contribution in [0.3, 0.4) is 0 Å². The minimum Gasteiger partial charge on any atom is -0.507 e. The number of carbonyl (C=O) groups is 1. The molecule has 1 aliphatic rings. The second-order valence-corrected chi connectivity index (χ2v) is 10.9. The standard InChI is InChI=1S/C34H31FN6O3/c1-4-30(43)39-15-16-40(22(3)20-39)33-24-19-37-26(31-25(35)11-8-12-29(31)42)18-28(24)41(34(44)38-33)32-21(2)13-14-36-27(32)17-23-9-6-5-7-10-23/h4-14,18-19,22,42H,1,15-17,20H2,2-3H3/t22-/m0/s1. The number of anilines is 1. The lowest BCUT2D eigenvalue weighted by atomic mass is 10.0. The van der Waals surface area contributed by atoms with Crippen molar-refractivity contribution < 1.29 is 14.3 Å². The molecule has 0 spiro atoms. The first-order chi connectivity index (χ1) is 21.3. The first-order valence-corrected chi connectivity index (χ1v) is 14.3. The van der Waals surface area contributed by atoms with E-state index in [4.69, 9.17) is 0 Å². The minimum absolute atomic E-state index is 0.0656. The molecule has 0 unspecified atom stereocenters. The zero-order chi connectivity index (χ0) is 31.0. The molecule has 0 aliphatic carbocycles. The van der Waals surface area contributed by atoms with Crippen molar-refractivity contribution in [1.82, 2.24) is 24.4 Å². The topological polar surface area (TPSA) is 104 Å². The number of benzene rings is 2. The van der Waals surface area contributed by atoms with Crippen LogP contribution in [0.5, 0.6) is 5.75 Å². The fraction of sp³-hybridized carbons (Fsp3) is 0.206. The maximum atomic E-state index is 15.0. The van der Waals surface area contributed by atoms with Crippen LogP contribution in [-0.4, -0.2) is 61.1 Å². The Labute approximate surface area is 253 Å². The summed E-state index contributed by atoms with van der Waals surface area (Å²) in [5.41, 5.74) is 3.08. The van der Waals surface area contributed by atoms with Crippen molar-refractivity contribution >= 4 is 22.6 Å². The Morgan fingerprint density at radius 3 is 2.64 bits per heavy atom. The van der Waals surface area contributed by atoms with Gasteiger partial charge in [0.15, 0.2) is 0 Å². The third-order valence-electron chi connectivity index (χ3n) is 8.03. The quantitative estimate of drug-likeness (QED) is 0.283. The molecular weight excluding hydrogens is 559 g/mol. The molecule has 1 aliphatic heterocycles. The highest BCUT2D eigenvalue weighted by atomic mass is 19.1. The number of aryl methyl sites for hydroxylation is 1. The largest absolute Gasteiger partial charge is 0.507 e. The summed E-state index contributed by atoms with van der Waals surface area (Å²) in [7, 11) is 0. The van der Waals surface area contributed by atoms with Crippen molar-refractivity contribution in [3.05, 3.63) is 119 Å². The molecule has 6 rings (SSSR count). The number of hydrogen-bond donors (Lipinski definition) is 1. The predicted molar refractivity (Wildman–Crippen MR) is 168 cm³/mol. The number of hydrogen-bond acceptors (Lipinski definition) is 7. The number of amides is 1. The van der Waals surface area contributed by atoms with E-state index in [1.807, 2.05) is 55.1 Å². The Bertz CT molecular complexity index is 1940. The van der Waals surface area contributed by atoms with Crippen molar-refractivity contribution in [1.29, 1.82) is 0 Å². The summed E-state index contributed by atoms with van der Waals surface area (Å²) < 4.78 is 16.5. The Kier molecular flexibility index (Phi) is 7.65. The molecule has 3 aromatic heterocycles. The van der Waals surface area contributed by atoms with Gasteiger partial charge in [-0.15, -0.1) is 0 Å². The Morgan fingerprint density at radius 2 is 1.91 bits per heavy atom. The molecule has 5 aromatic rings. The highest BCUT2D eigenvalue weighted by molar-refractivity contribution is 5.93. The number of phenolic OH excluding ortho intramolecular Hbond substituents is 1. The number of phenols is 1. The highest BCUT2D eigenvalue weighted by Crippen LogP contribution is 2.35. The van der Waals surface area contributed by atoms with Crippen LogP contribution in [-0.2, 0) is 11.2 Å². The SMILES string of the molecule is C=CC(=O)N1CCN(c2nc(=O)n(-c3c(C)ccnc3Cc3ccccc3)c3cc(-c4c(O)cccc4F)ncc23)[C@@H](C)C1. The van der Waals surface area contributed by atoms with E-state index in [-0.39, 0.29) is 29.0 Å². The first-order valence-electron chi connectivity index (χ1n) is 14.3. The monoisotopic (exact) mass is 590 g/mol. The number of fused-ring (bicyclic) bond motifs is 1. The minimum atomic E-state index is -0.640. The van der Waals surface area contributed by atoms with Crippen LogP contribution in [0.2, 0.25) is 0 Å². The average molecular weight is 591 g/mol. The summed E-state index contributed by atoms with van der Waals surface area (Å²) in [5.74, 6) is -0.640. The fourth-order valence-electron chi connectivity index (χ4n) is 5.88. The van der Waals surface area contributed by atoms with Crippen LogP contribution < -0.4 is 10.6 Å². The smallest absolute Gasteiger partial charge is 0.354 e. The summed E-state index contributed by atoms with van der Waals surface area (Å²) in [6.45, 7) is 8.75. The lowest BCUT2D eigenvalue weighted by molar-refractivity contribution is -0.126. The van der Waals surface area contributed by atoms with E-state index in [2.05, 4.69) is 21.5 Å². The molecule has 1 atom stereocenters. The molecule has 222 valence electrons. The molecule has 4 heterocycles. The van der Waals surface area contributed by atoms with Crippen molar-refractivity contribution in [2.45, 2.75) is 26.3 Å². The van der Waals surface area contributed by atoms with Gasteiger partial charge in [0, 0.05) is 44.5 Å². The van der Waals surface area contributed by atoms with E-state index in [0.29, 0.717) is 54.2 Å². The predicted octanol–water partition coefficient (Wildman–Crippen LogP) is 4.81. The molecule has 10 heteroatoms. The Hall–Kier alpha value is -5.38. The summed E-state index contributed by atoms with van der Waals surface area (Å²) in [4.78, 5) is 43.9. The van der Waals surface area contributed by atoms with Gasteiger partial charge in [0.2, 0.25) is 5.91 Å². The van der Waals surface area contributed by atoms with Gasteiger partial charge in [0.05, 0.1) is 33.5 Å². The number of rotatable bonds is 6. The number of halogens is 1. The van der Waals surface area contributed by atoms with Gasteiger partial charge in [-0.25, -0.2) is 9.18 Å². The van der Waals surface area contributed by atoms with E-state index in [1.165, 1.54) is 28.8 Å². The molecule has 0 bridgehead atoms. The molecule has 2 aromatic carbocycles. The molecule has 1 amide bonds. The second-order valence-electron chi connectivity index (χ2n) is 10.9. The van der Waals surface area contributed by atoms with Crippen molar-refractivity contribution in [2.75, 3.05) is 24.5 Å². The number of nitrogens with zero attached hydrogens (tertiary/aromatic N) is 6. The van der Waals surface area contributed by atoms with Crippen LogP contribution in [0, 0.1) is 12.7 Å². The Balaban J connectivity index is 1.59. The second kappa shape index (κ2) is 11.7.